The molecule has 0 radical (unpaired) electrons. The van der Waals surface area contributed by atoms with Crippen LogP contribution in [-0.2, 0) is 9.59 Å². The van der Waals surface area contributed by atoms with Crippen LogP contribution in [0.25, 0.3) is 0 Å². The Balaban J connectivity index is 2.32. The lowest BCUT2D eigenvalue weighted by molar-refractivity contribution is -0.129. The first-order valence-corrected chi connectivity index (χ1v) is 8.47. The molecule has 0 spiro atoms. The highest BCUT2D eigenvalue weighted by molar-refractivity contribution is 5.87. The van der Waals surface area contributed by atoms with Crippen LogP contribution >= 0.6 is 0 Å². The van der Waals surface area contributed by atoms with Gasteiger partial charge < -0.3 is 15.5 Å². The van der Waals surface area contributed by atoms with Crippen LogP contribution in [0.3, 0.4) is 0 Å². The summed E-state index contributed by atoms with van der Waals surface area (Å²) in [5.74, 6) is 0.380. The minimum atomic E-state index is -0.478. The second kappa shape index (κ2) is 8.51. The monoisotopic (exact) mass is 311 g/mol. The van der Waals surface area contributed by atoms with E-state index in [1.807, 2.05) is 14.1 Å². The molecule has 1 atom stereocenters. The highest BCUT2D eigenvalue weighted by Crippen LogP contribution is 2.26. The molecular formula is C17H33N3O2. The lowest BCUT2D eigenvalue weighted by Gasteiger charge is -2.33. The maximum Gasteiger partial charge on any atom is 0.242 e. The van der Waals surface area contributed by atoms with E-state index in [9.17, 15) is 9.59 Å². The number of carbonyl (C=O) groups excluding carboxylic acids is 2. The first-order chi connectivity index (χ1) is 10.2. The normalized spacial score (nSPS) is 18.1. The Hall–Kier alpha value is -1.10. The van der Waals surface area contributed by atoms with Gasteiger partial charge in [-0.05, 0) is 53.6 Å². The van der Waals surface area contributed by atoms with E-state index >= 15 is 0 Å². The molecule has 1 rings (SSSR count). The summed E-state index contributed by atoms with van der Waals surface area (Å²) in [6, 6.07) is -0.478. The molecule has 2 amide bonds. The third-order valence-corrected chi connectivity index (χ3v) is 4.88. The van der Waals surface area contributed by atoms with E-state index in [-0.39, 0.29) is 17.4 Å². The maximum absolute atomic E-state index is 12.1. The van der Waals surface area contributed by atoms with E-state index in [4.69, 9.17) is 0 Å². The fourth-order valence-electron chi connectivity index (χ4n) is 2.63. The zero-order chi connectivity index (χ0) is 16.8. The van der Waals surface area contributed by atoms with E-state index in [0.29, 0.717) is 18.9 Å². The van der Waals surface area contributed by atoms with Gasteiger partial charge in [-0.1, -0.05) is 19.3 Å². The molecule has 5 heteroatoms. The third-order valence-electron chi connectivity index (χ3n) is 4.88. The zero-order valence-electron chi connectivity index (χ0n) is 14.9. The second-order valence-electron chi connectivity index (χ2n) is 7.42. The first-order valence-electron chi connectivity index (χ1n) is 8.47. The SMILES string of the molecule is CC(NC(=O)CC1CCCCC1)C(=O)NCC(C)(C)N(C)C. The molecule has 1 aliphatic carbocycles. The zero-order valence-corrected chi connectivity index (χ0v) is 14.9. The molecule has 0 heterocycles. The number of nitrogens with one attached hydrogen (secondary N) is 2. The van der Waals surface area contributed by atoms with Crippen LogP contribution in [0.5, 0.6) is 0 Å². The van der Waals surface area contributed by atoms with Gasteiger partial charge in [-0.3, -0.25) is 9.59 Å². The van der Waals surface area contributed by atoms with Crippen molar-refractivity contribution in [1.82, 2.24) is 15.5 Å². The summed E-state index contributed by atoms with van der Waals surface area (Å²) in [7, 11) is 3.98. The summed E-state index contributed by atoms with van der Waals surface area (Å²) in [6.07, 6.45) is 6.59. The lowest BCUT2D eigenvalue weighted by Crippen LogP contribution is -2.52. The van der Waals surface area contributed by atoms with Gasteiger partial charge in [-0.25, -0.2) is 0 Å². The number of rotatable bonds is 7. The van der Waals surface area contributed by atoms with Crippen molar-refractivity contribution in [2.45, 2.75) is 70.9 Å². The van der Waals surface area contributed by atoms with Crippen molar-refractivity contribution in [2.75, 3.05) is 20.6 Å². The summed E-state index contributed by atoms with van der Waals surface area (Å²) in [5, 5.41) is 5.75. The molecule has 1 saturated carbocycles. The van der Waals surface area contributed by atoms with E-state index in [1.54, 1.807) is 6.92 Å². The standard InChI is InChI=1S/C17H33N3O2/c1-13(16(22)18-12-17(2,3)20(4)5)19-15(21)11-14-9-7-6-8-10-14/h13-14H,6-12H2,1-5H3,(H,18,22)(H,19,21). The number of amides is 2. The molecule has 0 aliphatic heterocycles. The van der Waals surface area contributed by atoms with Gasteiger partial charge in [0, 0.05) is 18.5 Å². The highest BCUT2D eigenvalue weighted by atomic mass is 16.2. The van der Waals surface area contributed by atoms with Crippen LogP contribution in [-0.4, -0.2) is 48.9 Å². The molecule has 0 aromatic carbocycles. The van der Waals surface area contributed by atoms with Gasteiger partial charge in [0.05, 0.1) is 0 Å². The molecule has 22 heavy (non-hydrogen) atoms. The van der Waals surface area contributed by atoms with Crippen molar-refractivity contribution in [3.63, 3.8) is 0 Å². The highest BCUT2D eigenvalue weighted by Gasteiger charge is 2.24. The Labute approximate surface area is 135 Å². The van der Waals surface area contributed by atoms with E-state index in [2.05, 4.69) is 29.4 Å². The summed E-state index contributed by atoms with van der Waals surface area (Å²) in [4.78, 5) is 26.2. The van der Waals surface area contributed by atoms with Gasteiger partial charge in [-0.2, -0.15) is 0 Å². The molecule has 1 unspecified atom stereocenters. The predicted octanol–water partition coefficient (Wildman–Crippen LogP) is 1.92. The van der Waals surface area contributed by atoms with Crippen LogP contribution in [0.2, 0.25) is 0 Å². The van der Waals surface area contributed by atoms with E-state index < -0.39 is 6.04 Å². The quantitative estimate of drug-likeness (QED) is 0.755. The van der Waals surface area contributed by atoms with E-state index in [0.717, 1.165) is 12.8 Å². The van der Waals surface area contributed by atoms with Gasteiger partial charge in [-0.15, -0.1) is 0 Å². The Bertz CT molecular complexity index is 374. The molecule has 0 bridgehead atoms. The molecule has 5 nitrogen and oxygen atoms in total. The molecule has 0 saturated heterocycles. The largest absolute Gasteiger partial charge is 0.352 e. The Kier molecular flexibility index (Phi) is 7.33. The number of nitrogens with zero attached hydrogens (tertiary/aromatic N) is 1. The van der Waals surface area contributed by atoms with Crippen LogP contribution in [0.4, 0.5) is 0 Å². The fourth-order valence-corrected chi connectivity index (χ4v) is 2.63. The van der Waals surface area contributed by atoms with Gasteiger partial charge in [0.1, 0.15) is 6.04 Å². The van der Waals surface area contributed by atoms with Crippen LogP contribution in [0.1, 0.15) is 59.3 Å². The number of hydrogen-bond acceptors (Lipinski definition) is 3. The fraction of sp³-hybridized carbons (Fsp3) is 0.882. The third kappa shape index (κ3) is 6.34. The lowest BCUT2D eigenvalue weighted by atomic mass is 9.87. The summed E-state index contributed by atoms with van der Waals surface area (Å²) >= 11 is 0. The van der Waals surface area contributed by atoms with Gasteiger partial charge in [0.2, 0.25) is 11.8 Å². The van der Waals surface area contributed by atoms with Crippen LogP contribution < -0.4 is 10.6 Å². The number of hydrogen-bond donors (Lipinski definition) is 2. The molecule has 0 aromatic heterocycles. The van der Waals surface area contributed by atoms with Crippen LogP contribution in [0, 0.1) is 5.92 Å². The summed E-state index contributed by atoms with van der Waals surface area (Å²) < 4.78 is 0. The number of likely N-dealkylation sites (N-methyl/N-ethyl adjacent to an activating group) is 1. The first kappa shape index (κ1) is 18.9. The summed E-state index contributed by atoms with van der Waals surface area (Å²) in [5.41, 5.74) is -0.110. The topological polar surface area (TPSA) is 61.4 Å². The maximum atomic E-state index is 12.1. The average Bonchev–Trinajstić information content (AvgIpc) is 2.45. The van der Waals surface area contributed by atoms with Crippen molar-refractivity contribution in [3.8, 4) is 0 Å². The molecule has 1 aliphatic rings. The molecule has 0 aromatic rings. The second-order valence-corrected chi connectivity index (χ2v) is 7.42. The predicted molar refractivity (Wildman–Crippen MR) is 89.6 cm³/mol. The van der Waals surface area contributed by atoms with Crippen molar-refractivity contribution < 1.29 is 9.59 Å². The average molecular weight is 311 g/mol. The van der Waals surface area contributed by atoms with Crippen molar-refractivity contribution in [1.29, 1.82) is 0 Å². The van der Waals surface area contributed by atoms with Gasteiger partial charge in [0.25, 0.3) is 0 Å². The molecule has 1 fully saturated rings. The van der Waals surface area contributed by atoms with Crippen molar-refractivity contribution in [3.05, 3.63) is 0 Å². The van der Waals surface area contributed by atoms with Gasteiger partial charge in [0.15, 0.2) is 0 Å². The molecule has 128 valence electrons. The molecular weight excluding hydrogens is 278 g/mol. The van der Waals surface area contributed by atoms with E-state index in [1.165, 1.54) is 19.3 Å². The summed E-state index contributed by atoms with van der Waals surface area (Å²) in [6.45, 7) is 6.44. The van der Waals surface area contributed by atoms with Crippen molar-refractivity contribution >= 4 is 11.8 Å². The minimum absolute atomic E-state index is 0.00131. The smallest absolute Gasteiger partial charge is 0.242 e. The minimum Gasteiger partial charge on any atom is -0.352 e. The van der Waals surface area contributed by atoms with Gasteiger partial charge >= 0.3 is 0 Å². The Morgan fingerprint density at radius 2 is 1.77 bits per heavy atom. The Morgan fingerprint density at radius 1 is 1.18 bits per heavy atom. The Morgan fingerprint density at radius 3 is 2.32 bits per heavy atom. The molecule has 2 N–H and O–H groups in total. The van der Waals surface area contributed by atoms with Crippen molar-refractivity contribution in [2.24, 2.45) is 5.92 Å². The number of carbonyl (C=O) groups is 2. The van der Waals surface area contributed by atoms with Crippen LogP contribution in [0.15, 0.2) is 0 Å².